The second-order valence-corrected chi connectivity index (χ2v) is 21.9. The van der Waals surface area contributed by atoms with Gasteiger partial charge in [0.1, 0.15) is 17.5 Å². The first kappa shape index (κ1) is 27.5. The zero-order chi connectivity index (χ0) is 24.6. The van der Waals surface area contributed by atoms with Crippen LogP contribution in [0.4, 0.5) is 0 Å². The van der Waals surface area contributed by atoms with Gasteiger partial charge in [-0.25, -0.2) is 0 Å². The molecule has 0 amide bonds. The van der Waals surface area contributed by atoms with Gasteiger partial charge in [-0.3, -0.25) is 0 Å². The summed E-state index contributed by atoms with van der Waals surface area (Å²) in [6, 6.07) is 7.96. The Bertz CT molecular complexity index is 749. The van der Waals surface area contributed by atoms with Crippen molar-refractivity contribution in [2.75, 3.05) is 20.3 Å². The Hall–Kier alpha value is -0.706. The molecule has 7 heteroatoms. The van der Waals surface area contributed by atoms with Crippen molar-refractivity contribution < 1.29 is 23.4 Å². The van der Waals surface area contributed by atoms with Crippen LogP contribution in [-0.4, -0.2) is 59.9 Å². The molecule has 0 radical (unpaired) electrons. The van der Waals surface area contributed by atoms with Crippen LogP contribution < -0.4 is 4.74 Å². The predicted octanol–water partition coefficient (Wildman–Crippen LogP) is 5.78. The first-order valence-corrected chi connectivity index (χ1v) is 17.5. The molecule has 0 aromatic heterocycles. The number of aliphatic hydroxyl groups is 1. The van der Waals surface area contributed by atoms with E-state index in [2.05, 4.69) is 67.7 Å². The van der Waals surface area contributed by atoms with E-state index in [0.717, 1.165) is 11.3 Å². The second kappa shape index (κ2) is 9.51. The smallest absolute Gasteiger partial charge is 0.192 e. The second-order valence-electron chi connectivity index (χ2n) is 12.3. The summed E-state index contributed by atoms with van der Waals surface area (Å²) in [7, 11) is -2.42. The van der Waals surface area contributed by atoms with Gasteiger partial charge in [0, 0.05) is 6.42 Å². The summed E-state index contributed by atoms with van der Waals surface area (Å²) in [5.41, 5.74) is 0.244. The normalized spacial score (nSPS) is 25.2. The van der Waals surface area contributed by atoms with Gasteiger partial charge in [-0.2, -0.15) is 0 Å². The molecule has 1 aromatic rings. The SMILES string of the molecule is COc1ccc(C[C@]2(CO[Si](C)(C)C(C)(C)C)OC[C@@H](O[Si](C)(C)C(C)(C)C)[C@@H]2O)cc1. The fourth-order valence-corrected chi connectivity index (χ4v) is 5.70. The van der Waals surface area contributed by atoms with Crippen LogP contribution in [0.3, 0.4) is 0 Å². The van der Waals surface area contributed by atoms with Gasteiger partial charge >= 0.3 is 0 Å². The fourth-order valence-electron chi connectivity index (χ4n) is 3.36. The van der Waals surface area contributed by atoms with E-state index < -0.39 is 28.3 Å². The summed E-state index contributed by atoms with van der Waals surface area (Å²) in [6.07, 6.45) is -0.551. The molecule has 0 aliphatic carbocycles. The molecule has 1 heterocycles. The monoisotopic (exact) mass is 482 g/mol. The van der Waals surface area contributed by atoms with Crippen LogP contribution >= 0.6 is 0 Å². The van der Waals surface area contributed by atoms with Gasteiger partial charge in [-0.05, 0) is 54.0 Å². The van der Waals surface area contributed by atoms with Crippen LogP contribution in [0.1, 0.15) is 47.1 Å². The van der Waals surface area contributed by atoms with Crippen molar-refractivity contribution >= 4 is 16.6 Å². The molecule has 1 aromatic carbocycles. The fraction of sp³-hybridized carbons (Fsp3) is 0.760. The Balaban J connectivity index is 2.31. The first-order valence-electron chi connectivity index (χ1n) is 11.7. The van der Waals surface area contributed by atoms with Crippen molar-refractivity contribution in [3.8, 4) is 5.75 Å². The number of ether oxygens (including phenoxy) is 2. The van der Waals surface area contributed by atoms with Crippen molar-refractivity contribution in [3.05, 3.63) is 29.8 Å². The Morgan fingerprint density at radius 3 is 1.97 bits per heavy atom. The van der Waals surface area contributed by atoms with E-state index in [4.69, 9.17) is 18.3 Å². The maximum atomic E-state index is 11.6. The number of methoxy groups -OCH3 is 1. The number of benzene rings is 1. The zero-order valence-electron chi connectivity index (χ0n) is 22.2. The minimum Gasteiger partial charge on any atom is -0.497 e. The summed E-state index contributed by atoms with van der Waals surface area (Å²) in [4.78, 5) is 0. The summed E-state index contributed by atoms with van der Waals surface area (Å²) in [5.74, 6) is 0.812. The minimum atomic E-state index is -2.06. The quantitative estimate of drug-likeness (QED) is 0.476. The molecule has 1 aliphatic rings. The van der Waals surface area contributed by atoms with Crippen molar-refractivity contribution in [3.63, 3.8) is 0 Å². The Morgan fingerprint density at radius 2 is 1.50 bits per heavy atom. The van der Waals surface area contributed by atoms with Crippen molar-refractivity contribution in [2.24, 2.45) is 0 Å². The lowest BCUT2D eigenvalue weighted by Gasteiger charge is -2.42. The predicted molar refractivity (Wildman–Crippen MR) is 137 cm³/mol. The summed E-state index contributed by atoms with van der Waals surface area (Å²) >= 11 is 0. The molecule has 1 fully saturated rings. The van der Waals surface area contributed by atoms with Crippen LogP contribution in [0.25, 0.3) is 0 Å². The molecule has 2 rings (SSSR count). The molecule has 32 heavy (non-hydrogen) atoms. The average molecular weight is 483 g/mol. The molecule has 5 nitrogen and oxygen atoms in total. The molecule has 0 spiro atoms. The standard InChI is InChI=1S/C25H46O5Si2/c1-23(2,3)31(8,9)29-18-25(16-19-12-14-20(27-7)15-13-19)22(26)21(17-28-25)30-32(10,11)24(4,5)6/h12-15,21-22,26H,16-18H2,1-11H3/t21-,22+,25-/m1/s1. The van der Waals surface area contributed by atoms with Crippen molar-refractivity contribution in [1.82, 2.24) is 0 Å². The maximum Gasteiger partial charge on any atom is 0.192 e. The van der Waals surface area contributed by atoms with Crippen LogP contribution in [0.2, 0.25) is 36.3 Å². The number of rotatable bonds is 8. The maximum absolute atomic E-state index is 11.6. The highest BCUT2D eigenvalue weighted by atomic mass is 28.4. The Kier molecular flexibility index (Phi) is 8.18. The van der Waals surface area contributed by atoms with Crippen LogP contribution in [-0.2, 0) is 20.0 Å². The molecule has 3 atom stereocenters. The Labute approximate surface area is 198 Å². The third-order valence-corrected chi connectivity index (χ3v) is 16.8. The summed E-state index contributed by atoms with van der Waals surface area (Å²) in [6.45, 7) is 23.0. The molecule has 0 bridgehead atoms. The van der Waals surface area contributed by atoms with E-state index in [-0.39, 0.29) is 16.2 Å². The molecule has 1 N–H and O–H groups in total. The van der Waals surface area contributed by atoms with Gasteiger partial charge in [0.25, 0.3) is 0 Å². The van der Waals surface area contributed by atoms with Gasteiger partial charge < -0.3 is 23.4 Å². The van der Waals surface area contributed by atoms with E-state index in [1.807, 2.05) is 24.3 Å². The van der Waals surface area contributed by atoms with Gasteiger partial charge in [0.05, 0.1) is 26.4 Å². The topological polar surface area (TPSA) is 57.2 Å². The number of aliphatic hydroxyl groups excluding tert-OH is 1. The number of hydrogen-bond donors (Lipinski definition) is 1. The largest absolute Gasteiger partial charge is 0.497 e. The molecule has 184 valence electrons. The highest BCUT2D eigenvalue weighted by Crippen LogP contribution is 2.42. The molecule has 1 saturated heterocycles. The highest BCUT2D eigenvalue weighted by Gasteiger charge is 2.54. The van der Waals surface area contributed by atoms with E-state index >= 15 is 0 Å². The van der Waals surface area contributed by atoms with E-state index in [0.29, 0.717) is 19.6 Å². The number of hydrogen-bond acceptors (Lipinski definition) is 5. The molecule has 0 saturated carbocycles. The molecular formula is C25H46O5Si2. The van der Waals surface area contributed by atoms with Crippen molar-refractivity contribution in [1.29, 1.82) is 0 Å². The Morgan fingerprint density at radius 1 is 0.969 bits per heavy atom. The zero-order valence-corrected chi connectivity index (χ0v) is 24.2. The third kappa shape index (κ3) is 6.04. The summed E-state index contributed by atoms with van der Waals surface area (Å²) < 4.78 is 24.9. The molecule has 0 unspecified atom stereocenters. The van der Waals surface area contributed by atoms with Gasteiger partial charge in [-0.1, -0.05) is 53.7 Å². The van der Waals surface area contributed by atoms with Gasteiger partial charge in [-0.15, -0.1) is 0 Å². The first-order chi connectivity index (χ1) is 14.4. The highest BCUT2D eigenvalue weighted by molar-refractivity contribution is 6.74. The van der Waals surface area contributed by atoms with Crippen molar-refractivity contribution in [2.45, 2.75) is 102 Å². The summed E-state index contributed by atoms with van der Waals surface area (Å²) in [5, 5.41) is 11.7. The van der Waals surface area contributed by atoms with Crippen LogP contribution in [0.15, 0.2) is 24.3 Å². The van der Waals surface area contributed by atoms with Gasteiger partial charge in [0.15, 0.2) is 16.6 Å². The average Bonchev–Trinajstić information content (AvgIpc) is 2.95. The van der Waals surface area contributed by atoms with E-state index in [1.165, 1.54) is 0 Å². The molecule has 1 aliphatic heterocycles. The lowest BCUT2D eigenvalue weighted by atomic mass is 9.89. The molecular weight excluding hydrogens is 436 g/mol. The van der Waals surface area contributed by atoms with E-state index in [9.17, 15) is 5.11 Å². The van der Waals surface area contributed by atoms with Crippen LogP contribution in [0.5, 0.6) is 5.75 Å². The van der Waals surface area contributed by atoms with Crippen LogP contribution in [0, 0.1) is 0 Å². The lowest BCUT2D eigenvalue weighted by molar-refractivity contribution is -0.0902. The lowest BCUT2D eigenvalue weighted by Crippen LogP contribution is -2.55. The van der Waals surface area contributed by atoms with E-state index in [1.54, 1.807) is 7.11 Å². The minimum absolute atomic E-state index is 0.0611. The third-order valence-electron chi connectivity index (χ3n) is 7.82. The van der Waals surface area contributed by atoms with Gasteiger partial charge in [0.2, 0.25) is 0 Å².